The second-order valence-electron chi connectivity index (χ2n) is 5.65. The summed E-state index contributed by atoms with van der Waals surface area (Å²) in [6.07, 6.45) is 1.84. The Morgan fingerprint density at radius 3 is 2.73 bits per heavy atom. The van der Waals surface area contributed by atoms with Crippen molar-refractivity contribution in [3.8, 4) is 5.75 Å². The summed E-state index contributed by atoms with van der Waals surface area (Å²) in [4.78, 5) is 24.1. The average Bonchev–Trinajstić information content (AvgIpc) is 2.65. The van der Waals surface area contributed by atoms with Crippen LogP contribution in [0.4, 0.5) is 0 Å². The van der Waals surface area contributed by atoms with Gasteiger partial charge in [0.2, 0.25) is 0 Å². The number of ether oxygens (including phenoxy) is 2. The van der Waals surface area contributed by atoms with Crippen LogP contribution < -0.4 is 10.2 Å². The third-order valence-electron chi connectivity index (χ3n) is 3.72. The third-order valence-corrected chi connectivity index (χ3v) is 4.85. The fraction of sp³-hybridized carbons (Fsp3) is 0.200. The van der Waals surface area contributed by atoms with Crippen LogP contribution in [-0.4, -0.2) is 30.4 Å². The number of hydrogen-bond donors (Lipinski definition) is 1. The minimum absolute atomic E-state index is 0.0842. The van der Waals surface area contributed by atoms with Crippen LogP contribution in [0.1, 0.15) is 6.92 Å². The van der Waals surface area contributed by atoms with Gasteiger partial charge in [-0.15, -0.1) is 11.3 Å². The number of aliphatic hydroxyl groups excluding tert-OH is 1. The van der Waals surface area contributed by atoms with Gasteiger partial charge in [-0.2, -0.15) is 0 Å². The summed E-state index contributed by atoms with van der Waals surface area (Å²) in [7, 11) is 0. The highest BCUT2D eigenvalue weighted by atomic mass is 32.1. The predicted molar refractivity (Wildman–Crippen MR) is 103 cm³/mol. The molecule has 0 saturated heterocycles. The molecule has 5 nitrogen and oxygen atoms in total. The minimum Gasteiger partial charge on any atom is -0.490 e. The summed E-state index contributed by atoms with van der Waals surface area (Å²) in [6, 6.07) is 12.8. The number of rotatable bonds is 6. The molecular formula is C20H18O5S. The average molecular weight is 370 g/mol. The molecule has 0 spiro atoms. The second kappa shape index (κ2) is 8.12. The van der Waals surface area contributed by atoms with E-state index in [1.54, 1.807) is 31.2 Å². The fourth-order valence-electron chi connectivity index (χ4n) is 2.53. The Balaban J connectivity index is 1.81. The molecular weight excluding hydrogens is 352 g/mol. The molecule has 0 aliphatic heterocycles. The van der Waals surface area contributed by atoms with E-state index in [4.69, 9.17) is 9.47 Å². The van der Waals surface area contributed by atoms with Gasteiger partial charge in [-0.25, -0.2) is 4.79 Å². The quantitative estimate of drug-likeness (QED) is 0.410. The molecule has 1 N–H and O–H groups in total. The van der Waals surface area contributed by atoms with Crippen molar-refractivity contribution in [2.75, 3.05) is 13.2 Å². The van der Waals surface area contributed by atoms with Crippen molar-refractivity contribution in [1.82, 2.24) is 0 Å². The minimum atomic E-state index is -0.987. The molecule has 1 atom stereocenters. The first kappa shape index (κ1) is 18.1. The van der Waals surface area contributed by atoms with Crippen LogP contribution in [0.25, 0.3) is 20.2 Å². The number of benzene rings is 2. The van der Waals surface area contributed by atoms with Crippen molar-refractivity contribution >= 4 is 37.5 Å². The maximum Gasteiger partial charge on any atom is 0.330 e. The van der Waals surface area contributed by atoms with E-state index in [0.29, 0.717) is 16.5 Å². The molecule has 3 aromatic rings. The topological polar surface area (TPSA) is 72.8 Å². The lowest BCUT2D eigenvalue weighted by Gasteiger charge is -2.13. The highest BCUT2D eigenvalue weighted by Gasteiger charge is 2.13. The smallest absolute Gasteiger partial charge is 0.330 e. The van der Waals surface area contributed by atoms with E-state index < -0.39 is 12.1 Å². The SMILES string of the molecule is CC=CC(=O)OCC(O)COc1cccc2sc3ccccc3c(=O)c12. The van der Waals surface area contributed by atoms with Gasteiger partial charge in [0, 0.05) is 20.9 Å². The molecule has 1 unspecified atom stereocenters. The van der Waals surface area contributed by atoms with E-state index in [0.717, 1.165) is 9.40 Å². The molecule has 2 aromatic carbocycles. The Morgan fingerprint density at radius 1 is 1.15 bits per heavy atom. The van der Waals surface area contributed by atoms with Gasteiger partial charge < -0.3 is 14.6 Å². The van der Waals surface area contributed by atoms with Crippen LogP contribution in [0, 0.1) is 0 Å². The van der Waals surface area contributed by atoms with Crippen molar-refractivity contribution in [3.63, 3.8) is 0 Å². The summed E-state index contributed by atoms with van der Waals surface area (Å²) in [5.41, 5.74) is -0.0982. The maximum atomic E-state index is 12.8. The molecule has 0 saturated carbocycles. The van der Waals surface area contributed by atoms with Gasteiger partial charge >= 0.3 is 5.97 Å². The number of fused-ring (bicyclic) bond motifs is 2. The van der Waals surface area contributed by atoms with Crippen LogP contribution in [0.3, 0.4) is 0 Å². The monoisotopic (exact) mass is 370 g/mol. The Hall–Kier alpha value is -2.70. The molecule has 134 valence electrons. The van der Waals surface area contributed by atoms with Crippen LogP contribution in [0.5, 0.6) is 5.75 Å². The largest absolute Gasteiger partial charge is 0.490 e. The molecule has 0 fully saturated rings. The van der Waals surface area contributed by atoms with E-state index in [-0.39, 0.29) is 18.6 Å². The number of carbonyl (C=O) groups is 1. The number of carbonyl (C=O) groups excluding carboxylic acids is 1. The maximum absolute atomic E-state index is 12.8. The van der Waals surface area contributed by atoms with Crippen molar-refractivity contribution < 1.29 is 19.4 Å². The third kappa shape index (κ3) is 3.92. The van der Waals surface area contributed by atoms with Crippen molar-refractivity contribution in [1.29, 1.82) is 0 Å². The lowest BCUT2D eigenvalue weighted by Crippen LogP contribution is -2.25. The normalized spacial score (nSPS) is 12.5. The van der Waals surface area contributed by atoms with Crippen LogP contribution in [0.15, 0.2) is 59.4 Å². The van der Waals surface area contributed by atoms with E-state index >= 15 is 0 Å². The molecule has 0 aliphatic carbocycles. The number of aliphatic hydroxyl groups is 1. The number of esters is 1. The first-order valence-electron chi connectivity index (χ1n) is 8.15. The molecule has 1 heterocycles. The zero-order valence-electron chi connectivity index (χ0n) is 14.2. The van der Waals surface area contributed by atoms with Crippen molar-refractivity contribution in [3.05, 3.63) is 64.8 Å². The lowest BCUT2D eigenvalue weighted by molar-refractivity contribution is -0.141. The van der Waals surface area contributed by atoms with E-state index in [1.807, 2.05) is 24.3 Å². The summed E-state index contributed by atoms with van der Waals surface area (Å²) < 4.78 is 12.3. The molecule has 1 aromatic heterocycles. The Labute approximate surface area is 154 Å². The van der Waals surface area contributed by atoms with Gasteiger partial charge in [-0.05, 0) is 31.2 Å². The molecule has 3 rings (SSSR count). The Kier molecular flexibility index (Phi) is 5.65. The van der Waals surface area contributed by atoms with Gasteiger partial charge in [0.15, 0.2) is 5.43 Å². The Bertz CT molecular complexity index is 1020. The van der Waals surface area contributed by atoms with E-state index in [9.17, 15) is 14.7 Å². The summed E-state index contributed by atoms with van der Waals surface area (Å²) in [5.74, 6) is -0.111. The predicted octanol–water partition coefficient (Wildman–Crippen LogP) is 3.27. The molecule has 6 heteroatoms. The molecule has 0 radical (unpaired) electrons. The summed E-state index contributed by atoms with van der Waals surface area (Å²) in [6.45, 7) is 1.44. The van der Waals surface area contributed by atoms with E-state index in [1.165, 1.54) is 17.4 Å². The molecule has 26 heavy (non-hydrogen) atoms. The first-order chi connectivity index (χ1) is 12.6. The second-order valence-corrected chi connectivity index (χ2v) is 6.74. The van der Waals surface area contributed by atoms with Gasteiger partial charge in [0.1, 0.15) is 25.1 Å². The molecule has 0 amide bonds. The van der Waals surface area contributed by atoms with Gasteiger partial charge in [0.05, 0.1) is 5.39 Å². The van der Waals surface area contributed by atoms with Crippen LogP contribution >= 0.6 is 11.3 Å². The highest BCUT2D eigenvalue weighted by molar-refractivity contribution is 7.24. The van der Waals surface area contributed by atoms with Crippen molar-refractivity contribution in [2.24, 2.45) is 0 Å². The number of allylic oxidation sites excluding steroid dienone is 1. The van der Waals surface area contributed by atoms with Gasteiger partial charge in [-0.3, -0.25) is 4.79 Å². The molecule has 0 bridgehead atoms. The standard InChI is InChI=1S/C20H18O5S/c1-2-6-18(22)25-12-13(21)11-24-15-8-5-10-17-19(15)20(23)14-7-3-4-9-16(14)26-17/h2-10,13,21H,11-12H2,1H3. The van der Waals surface area contributed by atoms with Gasteiger partial charge in [0.25, 0.3) is 0 Å². The van der Waals surface area contributed by atoms with Crippen molar-refractivity contribution in [2.45, 2.75) is 13.0 Å². The summed E-state index contributed by atoms with van der Waals surface area (Å²) >= 11 is 1.51. The molecule has 0 aliphatic rings. The lowest BCUT2D eigenvalue weighted by atomic mass is 10.1. The van der Waals surface area contributed by atoms with E-state index in [2.05, 4.69) is 0 Å². The highest BCUT2D eigenvalue weighted by Crippen LogP contribution is 2.30. The van der Waals surface area contributed by atoms with Gasteiger partial charge in [-0.1, -0.05) is 24.3 Å². The van der Waals surface area contributed by atoms with Crippen LogP contribution in [0.2, 0.25) is 0 Å². The zero-order chi connectivity index (χ0) is 18.5. The van der Waals surface area contributed by atoms with Crippen LogP contribution in [-0.2, 0) is 9.53 Å². The Morgan fingerprint density at radius 2 is 1.92 bits per heavy atom. The summed E-state index contributed by atoms with van der Waals surface area (Å²) in [5, 5.41) is 11.1. The number of hydrogen-bond acceptors (Lipinski definition) is 6. The fourth-order valence-corrected chi connectivity index (χ4v) is 3.63. The zero-order valence-corrected chi connectivity index (χ0v) is 15.0. The first-order valence-corrected chi connectivity index (χ1v) is 8.96.